The van der Waals surface area contributed by atoms with Crippen LogP contribution in [0.15, 0.2) is 66.7 Å². The Hall–Kier alpha value is -2.87. The van der Waals surface area contributed by atoms with Crippen molar-refractivity contribution in [2.75, 3.05) is 0 Å². The summed E-state index contributed by atoms with van der Waals surface area (Å²) in [6.45, 7) is 3.95. The number of carbonyl (C=O) groups is 1. The van der Waals surface area contributed by atoms with Gasteiger partial charge in [0.25, 0.3) is 0 Å². The molecule has 23 heavy (non-hydrogen) atoms. The van der Waals surface area contributed by atoms with Gasteiger partial charge in [0.1, 0.15) is 5.75 Å². The highest BCUT2D eigenvalue weighted by molar-refractivity contribution is 5.95. The van der Waals surface area contributed by atoms with Crippen molar-refractivity contribution in [2.24, 2.45) is 0 Å². The van der Waals surface area contributed by atoms with Crippen molar-refractivity contribution in [3.63, 3.8) is 0 Å². The summed E-state index contributed by atoms with van der Waals surface area (Å²) in [6.07, 6.45) is 3.27. The molecule has 3 aromatic rings. The molecule has 3 rings (SSSR count). The average molecular weight is 302 g/mol. The van der Waals surface area contributed by atoms with Gasteiger partial charge in [-0.15, -0.1) is 0 Å². The molecule has 0 aliphatic heterocycles. The fourth-order valence-electron chi connectivity index (χ4n) is 2.61. The normalized spacial score (nSPS) is 11.0. The van der Waals surface area contributed by atoms with E-state index in [4.69, 9.17) is 4.74 Å². The maximum Gasteiger partial charge on any atom is 0.336 e. The second kappa shape index (κ2) is 6.49. The Morgan fingerprint density at radius 1 is 0.957 bits per heavy atom. The molecule has 0 unspecified atom stereocenters. The minimum atomic E-state index is -0.370. The van der Waals surface area contributed by atoms with Gasteiger partial charge in [-0.05, 0) is 47.9 Å². The van der Waals surface area contributed by atoms with Crippen LogP contribution in [-0.4, -0.2) is 5.97 Å². The van der Waals surface area contributed by atoms with E-state index >= 15 is 0 Å². The van der Waals surface area contributed by atoms with E-state index in [2.05, 4.69) is 12.1 Å². The largest absolute Gasteiger partial charge is 0.423 e. The second-order valence-corrected chi connectivity index (χ2v) is 5.59. The van der Waals surface area contributed by atoms with Crippen molar-refractivity contribution >= 4 is 22.8 Å². The number of hydrogen-bond donors (Lipinski definition) is 0. The first-order valence-corrected chi connectivity index (χ1v) is 7.58. The van der Waals surface area contributed by atoms with Crippen LogP contribution < -0.4 is 4.74 Å². The number of aryl methyl sites for hydroxylation is 2. The zero-order valence-electron chi connectivity index (χ0n) is 13.2. The molecule has 0 radical (unpaired) electrons. The van der Waals surface area contributed by atoms with E-state index in [9.17, 15) is 4.79 Å². The lowest BCUT2D eigenvalue weighted by molar-refractivity contribution is -0.128. The molecule has 0 spiro atoms. The van der Waals surface area contributed by atoms with E-state index in [1.807, 2.05) is 62.4 Å². The van der Waals surface area contributed by atoms with Crippen molar-refractivity contribution in [3.05, 3.63) is 83.4 Å². The van der Waals surface area contributed by atoms with Crippen LogP contribution >= 0.6 is 0 Å². The van der Waals surface area contributed by atoms with Gasteiger partial charge in [0.2, 0.25) is 0 Å². The van der Waals surface area contributed by atoms with Crippen LogP contribution in [0.2, 0.25) is 0 Å². The summed E-state index contributed by atoms with van der Waals surface area (Å²) in [4.78, 5) is 12.0. The summed E-state index contributed by atoms with van der Waals surface area (Å²) in [5, 5.41) is 2.27. The highest BCUT2D eigenvalue weighted by Crippen LogP contribution is 2.21. The standard InChI is InChI=1S/C21H18O2/c1-15-10-12-20(16(2)14-15)23-21(22)13-11-18-8-5-7-17-6-3-4-9-19(17)18/h3-14H,1-2H3. The predicted octanol–water partition coefficient (Wildman–Crippen LogP) is 5.08. The predicted molar refractivity (Wildman–Crippen MR) is 94.5 cm³/mol. The molecule has 0 aliphatic rings. The molecule has 0 heterocycles. The lowest BCUT2D eigenvalue weighted by Gasteiger charge is -2.06. The van der Waals surface area contributed by atoms with Gasteiger partial charge < -0.3 is 4.74 Å². The molecule has 114 valence electrons. The van der Waals surface area contributed by atoms with Crippen molar-refractivity contribution in [1.82, 2.24) is 0 Å². The fraction of sp³-hybridized carbons (Fsp3) is 0.0952. The van der Waals surface area contributed by atoms with Crippen molar-refractivity contribution in [3.8, 4) is 5.75 Å². The van der Waals surface area contributed by atoms with Gasteiger partial charge in [-0.1, -0.05) is 60.2 Å². The van der Waals surface area contributed by atoms with Crippen molar-refractivity contribution in [2.45, 2.75) is 13.8 Å². The molecule has 0 bridgehead atoms. The summed E-state index contributed by atoms with van der Waals surface area (Å²) in [7, 11) is 0. The van der Waals surface area contributed by atoms with Gasteiger partial charge in [-0.2, -0.15) is 0 Å². The van der Waals surface area contributed by atoms with Gasteiger partial charge in [-0.25, -0.2) is 4.79 Å². The number of hydrogen-bond acceptors (Lipinski definition) is 2. The highest BCUT2D eigenvalue weighted by atomic mass is 16.5. The number of ether oxygens (including phenoxy) is 1. The van der Waals surface area contributed by atoms with E-state index < -0.39 is 0 Å². The van der Waals surface area contributed by atoms with Crippen LogP contribution in [0.1, 0.15) is 16.7 Å². The van der Waals surface area contributed by atoms with Crippen LogP contribution in [-0.2, 0) is 4.79 Å². The molecule has 0 amide bonds. The van der Waals surface area contributed by atoms with Crippen molar-refractivity contribution in [1.29, 1.82) is 0 Å². The van der Waals surface area contributed by atoms with Crippen LogP contribution in [0, 0.1) is 13.8 Å². The summed E-state index contributed by atoms with van der Waals surface area (Å²) in [6, 6.07) is 19.9. The molecular weight excluding hydrogens is 284 g/mol. The Balaban J connectivity index is 1.80. The number of esters is 1. The Morgan fingerprint density at radius 2 is 1.74 bits per heavy atom. The number of rotatable bonds is 3. The monoisotopic (exact) mass is 302 g/mol. The van der Waals surface area contributed by atoms with Gasteiger partial charge in [-0.3, -0.25) is 0 Å². The summed E-state index contributed by atoms with van der Waals surface area (Å²) >= 11 is 0. The first-order chi connectivity index (χ1) is 11.1. The van der Waals surface area contributed by atoms with Gasteiger partial charge in [0.05, 0.1) is 0 Å². The molecule has 0 atom stereocenters. The molecule has 2 heteroatoms. The third-order valence-electron chi connectivity index (χ3n) is 3.76. The quantitative estimate of drug-likeness (QED) is 0.383. The molecule has 0 fully saturated rings. The molecule has 0 saturated heterocycles. The lowest BCUT2D eigenvalue weighted by Crippen LogP contribution is -2.04. The molecule has 0 saturated carbocycles. The van der Waals surface area contributed by atoms with Crippen LogP contribution in [0.4, 0.5) is 0 Å². The summed E-state index contributed by atoms with van der Waals surface area (Å²) in [5.41, 5.74) is 3.10. The first-order valence-electron chi connectivity index (χ1n) is 7.58. The molecule has 3 aromatic carbocycles. The molecule has 0 aliphatic carbocycles. The molecule has 2 nitrogen and oxygen atoms in total. The van der Waals surface area contributed by atoms with E-state index in [0.29, 0.717) is 5.75 Å². The maximum atomic E-state index is 12.0. The van der Waals surface area contributed by atoms with E-state index in [1.165, 1.54) is 6.08 Å². The Morgan fingerprint density at radius 3 is 2.57 bits per heavy atom. The molecule has 0 aromatic heterocycles. The smallest absolute Gasteiger partial charge is 0.336 e. The van der Waals surface area contributed by atoms with Gasteiger partial charge in [0.15, 0.2) is 0 Å². The third-order valence-corrected chi connectivity index (χ3v) is 3.76. The number of benzene rings is 3. The third kappa shape index (κ3) is 3.49. The first kappa shape index (κ1) is 15.0. The number of fused-ring (bicyclic) bond motifs is 1. The fourth-order valence-corrected chi connectivity index (χ4v) is 2.61. The number of carbonyl (C=O) groups excluding carboxylic acids is 1. The minimum Gasteiger partial charge on any atom is -0.423 e. The Bertz CT molecular complexity index is 886. The zero-order valence-corrected chi connectivity index (χ0v) is 13.2. The summed E-state index contributed by atoms with van der Waals surface area (Å²) < 4.78 is 5.41. The SMILES string of the molecule is Cc1ccc(OC(=O)C=Cc2cccc3ccccc23)c(C)c1. The second-order valence-electron chi connectivity index (χ2n) is 5.59. The van der Waals surface area contributed by atoms with E-state index in [0.717, 1.165) is 27.5 Å². The Kier molecular flexibility index (Phi) is 4.24. The van der Waals surface area contributed by atoms with Crippen LogP contribution in [0.3, 0.4) is 0 Å². The van der Waals surface area contributed by atoms with Crippen LogP contribution in [0.5, 0.6) is 5.75 Å². The minimum absolute atomic E-state index is 0.370. The average Bonchev–Trinajstić information content (AvgIpc) is 2.55. The van der Waals surface area contributed by atoms with Gasteiger partial charge >= 0.3 is 5.97 Å². The van der Waals surface area contributed by atoms with Crippen LogP contribution in [0.25, 0.3) is 16.8 Å². The highest BCUT2D eigenvalue weighted by Gasteiger charge is 2.04. The maximum absolute atomic E-state index is 12.0. The summed E-state index contributed by atoms with van der Waals surface area (Å²) in [5.74, 6) is 0.230. The molecular formula is C21H18O2. The van der Waals surface area contributed by atoms with Crippen molar-refractivity contribution < 1.29 is 9.53 Å². The topological polar surface area (TPSA) is 26.3 Å². The lowest BCUT2D eigenvalue weighted by atomic mass is 10.0. The van der Waals surface area contributed by atoms with E-state index in [-0.39, 0.29) is 5.97 Å². The van der Waals surface area contributed by atoms with E-state index in [1.54, 1.807) is 6.08 Å². The zero-order chi connectivity index (χ0) is 16.2. The van der Waals surface area contributed by atoms with Gasteiger partial charge in [0, 0.05) is 6.08 Å². The molecule has 0 N–H and O–H groups in total. The Labute approximate surface area is 136 Å².